The van der Waals surface area contributed by atoms with Crippen molar-refractivity contribution in [3.8, 4) is 5.69 Å². The van der Waals surface area contributed by atoms with Crippen molar-refractivity contribution in [2.45, 2.75) is 99.1 Å². The van der Waals surface area contributed by atoms with Crippen LogP contribution >= 0.6 is 0 Å². The molecule has 0 saturated carbocycles. The Labute approximate surface area is 247 Å². The van der Waals surface area contributed by atoms with Crippen molar-refractivity contribution in [2.24, 2.45) is 5.92 Å². The average Bonchev–Trinajstić information content (AvgIpc) is 3.35. The quantitative estimate of drug-likeness (QED) is 0.308. The van der Waals surface area contributed by atoms with E-state index >= 15 is 0 Å². The molecule has 7 heteroatoms. The van der Waals surface area contributed by atoms with Gasteiger partial charge in [-0.15, -0.1) is 0 Å². The van der Waals surface area contributed by atoms with Gasteiger partial charge in [0, 0.05) is 36.0 Å². The molecule has 6 nitrogen and oxygen atoms in total. The lowest BCUT2D eigenvalue weighted by Crippen LogP contribution is -2.48. The highest BCUT2D eigenvalue weighted by molar-refractivity contribution is 5.82. The van der Waals surface area contributed by atoms with Crippen LogP contribution in [0.2, 0.25) is 0 Å². The highest BCUT2D eigenvalue weighted by Gasteiger charge is 2.32. The molecule has 3 rings (SSSR count). The summed E-state index contributed by atoms with van der Waals surface area (Å²) in [6.07, 6.45) is 12.7. The number of nitrogens with zero attached hydrogens (tertiary/aromatic N) is 3. The molecule has 0 bridgehead atoms. The molecule has 2 heterocycles. The second-order valence-corrected chi connectivity index (χ2v) is 11.5. The molecule has 41 heavy (non-hydrogen) atoms. The molecular formula is C34H51FN4O2. The van der Waals surface area contributed by atoms with Gasteiger partial charge >= 0.3 is 6.09 Å². The van der Waals surface area contributed by atoms with Crippen LogP contribution in [-0.4, -0.2) is 45.5 Å². The van der Waals surface area contributed by atoms with E-state index in [4.69, 9.17) is 4.74 Å². The lowest BCUT2D eigenvalue weighted by atomic mass is 9.88. The number of aromatic nitrogens is 2. The van der Waals surface area contributed by atoms with Gasteiger partial charge in [-0.3, -0.25) is 0 Å². The Morgan fingerprint density at radius 3 is 2.41 bits per heavy atom. The molecule has 1 amide bonds. The van der Waals surface area contributed by atoms with Gasteiger partial charge in [-0.1, -0.05) is 52.8 Å². The number of likely N-dealkylation sites (tertiary alicyclic amines) is 1. The van der Waals surface area contributed by atoms with Crippen LogP contribution in [0.4, 0.5) is 9.18 Å². The summed E-state index contributed by atoms with van der Waals surface area (Å²) in [4.78, 5) is 14.6. The van der Waals surface area contributed by atoms with Gasteiger partial charge < -0.3 is 15.0 Å². The van der Waals surface area contributed by atoms with Gasteiger partial charge in [0.15, 0.2) is 0 Å². The highest BCUT2D eigenvalue weighted by Crippen LogP contribution is 2.30. The normalized spacial score (nSPS) is 16.9. The van der Waals surface area contributed by atoms with E-state index in [2.05, 4.69) is 56.8 Å². The zero-order valence-electron chi connectivity index (χ0n) is 26.5. The van der Waals surface area contributed by atoms with E-state index in [1.807, 2.05) is 38.8 Å². The number of piperidine rings is 1. The summed E-state index contributed by atoms with van der Waals surface area (Å²) in [5.74, 6) is 0.0202. The molecule has 226 valence electrons. The molecule has 0 aliphatic carbocycles. The highest BCUT2D eigenvalue weighted by atomic mass is 19.1. The number of benzene rings is 1. The molecule has 2 unspecified atom stereocenters. The van der Waals surface area contributed by atoms with Crippen molar-refractivity contribution in [2.75, 3.05) is 13.1 Å². The van der Waals surface area contributed by atoms with Crippen LogP contribution in [0.25, 0.3) is 17.3 Å². The fraction of sp³-hybridized carbons (Fsp3) is 0.529. The first-order valence-electron chi connectivity index (χ1n) is 15.1. The van der Waals surface area contributed by atoms with Gasteiger partial charge in [0.25, 0.3) is 0 Å². The van der Waals surface area contributed by atoms with E-state index in [1.54, 1.807) is 22.9 Å². The molecule has 2 aromatic rings. The molecule has 0 spiro atoms. The van der Waals surface area contributed by atoms with Gasteiger partial charge in [-0.05, 0) is 89.6 Å². The van der Waals surface area contributed by atoms with Crippen molar-refractivity contribution >= 4 is 17.7 Å². The predicted molar refractivity (Wildman–Crippen MR) is 169 cm³/mol. The number of rotatable bonds is 9. The lowest BCUT2D eigenvalue weighted by Gasteiger charge is -2.38. The van der Waals surface area contributed by atoms with Crippen LogP contribution in [0, 0.1) is 11.7 Å². The number of allylic oxidation sites excluding steroid dienone is 3. The minimum Gasteiger partial charge on any atom is -0.444 e. The van der Waals surface area contributed by atoms with E-state index in [0.29, 0.717) is 12.5 Å². The number of carbonyl (C=O) groups excluding carboxylic acids is 1. The van der Waals surface area contributed by atoms with Gasteiger partial charge in [0.1, 0.15) is 11.4 Å². The topological polar surface area (TPSA) is 59.4 Å². The third kappa shape index (κ3) is 9.61. The SMILES string of the molecule is C=Cc1c(C(=C\C)/C(=C\CC)NC(CC)C2CCCN(C(=O)OC(C)(C)C)C2)cnn1-c1ccc(F)cc1.CCC. The maximum absolute atomic E-state index is 13.5. The molecule has 1 saturated heterocycles. The van der Waals surface area contributed by atoms with E-state index in [1.165, 1.54) is 18.6 Å². The number of hydrogen-bond acceptors (Lipinski definition) is 4. The van der Waals surface area contributed by atoms with Crippen molar-refractivity contribution in [3.63, 3.8) is 0 Å². The van der Waals surface area contributed by atoms with Crippen LogP contribution in [-0.2, 0) is 4.74 Å². The Bertz CT molecular complexity index is 1170. The van der Waals surface area contributed by atoms with Crippen molar-refractivity contribution in [3.05, 3.63) is 72.0 Å². The summed E-state index contributed by atoms with van der Waals surface area (Å²) in [5, 5.41) is 8.45. The number of amides is 1. The van der Waals surface area contributed by atoms with Crippen LogP contribution in [0.1, 0.15) is 98.8 Å². The van der Waals surface area contributed by atoms with Gasteiger partial charge in [0.05, 0.1) is 17.6 Å². The molecule has 1 aliphatic heterocycles. The lowest BCUT2D eigenvalue weighted by molar-refractivity contribution is 0.0146. The number of hydrogen-bond donors (Lipinski definition) is 1. The predicted octanol–water partition coefficient (Wildman–Crippen LogP) is 8.78. The number of carbonyl (C=O) groups is 1. The minimum absolute atomic E-state index is 0.187. The summed E-state index contributed by atoms with van der Waals surface area (Å²) in [7, 11) is 0. The smallest absolute Gasteiger partial charge is 0.410 e. The third-order valence-corrected chi connectivity index (χ3v) is 6.81. The second kappa shape index (κ2) is 16.2. The minimum atomic E-state index is -0.508. The van der Waals surface area contributed by atoms with E-state index < -0.39 is 5.60 Å². The first-order valence-corrected chi connectivity index (χ1v) is 15.1. The van der Waals surface area contributed by atoms with Crippen LogP contribution < -0.4 is 5.32 Å². The largest absolute Gasteiger partial charge is 0.444 e. The van der Waals surface area contributed by atoms with Crippen molar-refractivity contribution in [1.29, 1.82) is 0 Å². The Morgan fingerprint density at radius 1 is 1.22 bits per heavy atom. The van der Waals surface area contributed by atoms with Crippen LogP contribution in [0.5, 0.6) is 0 Å². The van der Waals surface area contributed by atoms with E-state index in [-0.39, 0.29) is 18.0 Å². The molecule has 0 radical (unpaired) electrons. The summed E-state index contributed by atoms with van der Waals surface area (Å²) in [6, 6.07) is 6.47. The van der Waals surface area contributed by atoms with Gasteiger partial charge in [-0.2, -0.15) is 5.10 Å². The molecular weight excluding hydrogens is 515 g/mol. The van der Waals surface area contributed by atoms with Crippen molar-refractivity contribution < 1.29 is 13.9 Å². The zero-order valence-corrected chi connectivity index (χ0v) is 26.5. The Hall–Kier alpha value is -3.35. The number of halogens is 1. The molecule has 1 fully saturated rings. The summed E-state index contributed by atoms with van der Waals surface area (Å²) in [5.41, 5.74) is 4.13. The molecule has 2 atom stereocenters. The van der Waals surface area contributed by atoms with E-state index in [0.717, 1.165) is 60.4 Å². The van der Waals surface area contributed by atoms with Gasteiger partial charge in [0.2, 0.25) is 0 Å². The first-order chi connectivity index (χ1) is 19.5. The summed E-state index contributed by atoms with van der Waals surface area (Å²) < 4.78 is 20.9. The Kier molecular flexibility index (Phi) is 13.4. The fourth-order valence-electron chi connectivity index (χ4n) is 5.04. The Balaban J connectivity index is 0.00000187. The monoisotopic (exact) mass is 566 g/mol. The van der Waals surface area contributed by atoms with Crippen LogP contribution in [0.3, 0.4) is 0 Å². The summed E-state index contributed by atoms with van der Waals surface area (Å²) >= 11 is 0. The van der Waals surface area contributed by atoms with Gasteiger partial charge in [-0.25, -0.2) is 13.9 Å². The molecule has 1 aromatic carbocycles. The van der Waals surface area contributed by atoms with Crippen molar-refractivity contribution in [1.82, 2.24) is 20.0 Å². The Morgan fingerprint density at radius 2 is 1.88 bits per heavy atom. The molecule has 1 N–H and O–H groups in total. The number of ether oxygens (including phenoxy) is 1. The third-order valence-electron chi connectivity index (χ3n) is 6.81. The molecule has 1 aromatic heterocycles. The zero-order chi connectivity index (χ0) is 30.6. The van der Waals surface area contributed by atoms with Crippen LogP contribution in [0.15, 0.2) is 54.9 Å². The number of nitrogens with one attached hydrogen (secondary N) is 1. The van der Waals surface area contributed by atoms with E-state index in [9.17, 15) is 9.18 Å². The first kappa shape index (κ1) is 33.9. The fourth-order valence-corrected chi connectivity index (χ4v) is 5.04. The maximum atomic E-state index is 13.5. The second-order valence-electron chi connectivity index (χ2n) is 11.5. The summed E-state index contributed by atoms with van der Waals surface area (Å²) in [6.45, 7) is 21.7. The maximum Gasteiger partial charge on any atom is 0.410 e. The molecule has 1 aliphatic rings. The average molecular weight is 567 g/mol. The standard InChI is InChI=1S/C31H43FN4O2.C3H8/c1-8-13-28(34-27(10-3)22-14-12-19-35(21-22)30(37)38-31(5,6)7)25(9-2)26-20-33-36(29(26)11-4)24-17-15-23(32)16-18-24;1-3-2/h9,11,13,15-18,20,22,27,34H,4,8,10,12,14,19,21H2,1-3,5-7H3;3H2,1-2H3/b25-9+,28-13+;.